The number of halogens is 1. The number of benzene rings is 1. The number of carbonyl (C=O) groups is 1. The maximum Gasteiger partial charge on any atom is 0.221 e. The fraction of sp³-hybridized carbons (Fsp3) is 0.100. The van der Waals surface area contributed by atoms with Gasteiger partial charge in [-0.3, -0.25) is 10.1 Å². The van der Waals surface area contributed by atoms with E-state index in [9.17, 15) is 4.79 Å². The molecular formula is C10H8BrN2O. The minimum atomic E-state index is -0.334. The van der Waals surface area contributed by atoms with Gasteiger partial charge in [-0.2, -0.15) is 0 Å². The van der Waals surface area contributed by atoms with Gasteiger partial charge in [-0.25, -0.2) is 0 Å². The van der Waals surface area contributed by atoms with Crippen LogP contribution < -0.4 is 11.1 Å². The second kappa shape index (κ2) is 3.46. The molecule has 0 atom stereocenters. The Bertz CT molecular complexity index is 426. The van der Waals surface area contributed by atoms with Crippen LogP contribution in [0, 0.1) is 0 Å². The molecule has 0 bridgehead atoms. The Balaban J connectivity index is 2.35. The molecule has 71 valence electrons. The normalized spacial score (nSPS) is 13.1. The van der Waals surface area contributed by atoms with Crippen molar-refractivity contribution < 1.29 is 4.79 Å². The third kappa shape index (κ3) is 1.65. The van der Waals surface area contributed by atoms with E-state index in [2.05, 4.69) is 21.2 Å². The van der Waals surface area contributed by atoms with Crippen molar-refractivity contribution in [3.63, 3.8) is 0 Å². The predicted molar refractivity (Wildman–Crippen MR) is 57.7 cm³/mol. The molecular weight excluding hydrogens is 244 g/mol. The number of rotatable bonds is 2. The molecule has 0 fully saturated rings. The number of fused-ring (bicyclic) bond motifs is 1. The number of hydrogen-bond donors (Lipinski definition) is 1. The topological polar surface area (TPSA) is 57.2 Å². The molecule has 2 N–H and O–H groups in total. The molecule has 1 aromatic carbocycles. The largest absolute Gasteiger partial charge is 0.369 e. The molecule has 1 aromatic rings. The zero-order chi connectivity index (χ0) is 10.1. The lowest BCUT2D eigenvalue weighted by atomic mass is 10.0. The van der Waals surface area contributed by atoms with E-state index in [1.807, 2.05) is 18.2 Å². The number of carbonyl (C=O) groups excluding carboxylic acids is 1. The van der Waals surface area contributed by atoms with Crippen molar-refractivity contribution in [1.29, 1.82) is 0 Å². The van der Waals surface area contributed by atoms with Crippen molar-refractivity contribution in [1.82, 2.24) is 5.32 Å². The molecule has 3 nitrogen and oxygen atoms in total. The third-order valence-electron chi connectivity index (χ3n) is 2.03. The quantitative estimate of drug-likeness (QED) is 0.858. The van der Waals surface area contributed by atoms with Crippen LogP contribution in [0.4, 0.5) is 5.69 Å². The first-order valence-electron chi connectivity index (χ1n) is 4.15. The van der Waals surface area contributed by atoms with Crippen LogP contribution in [0.1, 0.15) is 12.0 Å². The number of nitrogens with zero attached hydrogens (tertiary/aromatic N) is 1. The van der Waals surface area contributed by atoms with Crippen molar-refractivity contribution in [3.05, 3.63) is 34.4 Å². The Kier molecular flexibility index (Phi) is 2.29. The lowest BCUT2D eigenvalue weighted by molar-refractivity contribution is -0.117. The van der Waals surface area contributed by atoms with E-state index in [1.54, 1.807) is 6.20 Å². The zero-order valence-electron chi connectivity index (χ0n) is 7.33. The highest BCUT2D eigenvalue weighted by Crippen LogP contribution is 2.33. The maximum atomic E-state index is 10.8. The highest BCUT2D eigenvalue weighted by Gasteiger charge is 2.16. The van der Waals surface area contributed by atoms with Crippen molar-refractivity contribution in [2.24, 2.45) is 5.73 Å². The Labute approximate surface area is 90.1 Å². The van der Waals surface area contributed by atoms with Crippen LogP contribution in [0.15, 0.2) is 28.9 Å². The van der Waals surface area contributed by atoms with Gasteiger partial charge in [-0.15, -0.1) is 0 Å². The number of primary amides is 1. The van der Waals surface area contributed by atoms with Gasteiger partial charge < -0.3 is 5.73 Å². The van der Waals surface area contributed by atoms with Crippen LogP contribution in [0.25, 0.3) is 5.57 Å². The van der Waals surface area contributed by atoms with Crippen LogP contribution in [-0.4, -0.2) is 5.91 Å². The molecule has 0 aromatic heterocycles. The van der Waals surface area contributed by atoms with Crippen LogP contribution in [0.5, 0.6) is 0 Å². The van der Waals surface area contributed by atoms with E-state index in [1.165, 1.54) is 0 Å². The highest BCUT2D eigenvalue weighted by molar-refractivity contribution is 9.10. The predicted octanol–water partition coefficient (Wildman–Crippen LogP) is 1.91. The van der Waals surface area contributed by atoms with Gasteiger partial charge in [0.2, 0.25) is 5.91 Å². The molecule has 1 amide bonds. The van der Waals surface area contributed by atoms with Crippen LogP contribution in [0.2, 0.25) is 0 Å². The lowest BCUT2D eigenvalue weighted by Gasteiger charge is -2.02. The van der Waals surface area contributed by atoms with Crippen LogP contribution in [0.3, 0.4) is 0 Å². The maximum absolute atomic E-state index is 10.8. The monoisotopic (exact) mass is 251 g/mol. The molecule has 4 heteroatoms. The third-order valence-corrected chi connectivity index (χ3v) is 2.52. The Morgan fingerprint density at radius 2 is 2.29 bits per heavy atom. The summed E-state index contributed by atoms with van der Waals surface area (Å²) >= 11 is 3.37. The summed E-state index contributed by atoms with van der Waals surface area (Å²) in [6.45, 7) is 0. The van der Waals surface area contributed by atoms with Gasteiger partial charge in [0.15, 0.2) is 0 Å². The average molecular weight is 252 g/mol. The molecule has 0 spiro atoms. The molecule has 1 aliphatic rings. The second-order valence-corrected chi connectivity index (χ2v) is 4.00. The summed E-state index contributed by atoms with van der Waals surface area (Å²) < 4.78 is 0.976. The average Bonchev–Trinajstić information content (AvgIpc) is 2.47. The van der Waals surface area contributed by atoms with Crippen LogP contribution in [-0.2, 0) is 4.79 Å². The minimum Gasteiger partial charge on any atom is -0.369 e. The first-order valence-corrected chi connectivity index (χ1v) is 4.94. The smallest absolute Gasteiger partial charge is 0.221 e. The van der Waals surface area contributed by atoms with Gasteiger partial charge >= 0.3 is 0 Å². The SMILES string of the molecule is NC(=O)CC1=C[N]c2ccc(Br)cc21. The number of nitrogens with two attached hydrogens (primary N) is 1. The summed E-state index contributed by atoms with van der Waals surface area (Å²) in [5.41, 5.74) is 7.89. The lowest BCUT2D eigenvalue weighted by Crippen LogP contribution is -2.10. The van der Waals surface area contributed by atoms with E-state index in [0.717, 1.165) is 21.3 Å². The molecule has 0 aliphatic carbocycles. The Hall–Kier alpha value is -1.29. The van der Waals surface area contributed by atoms with Gasteiger partial charge in [0.1, 0.15) is 0 Å². The van der Waals surface area contributed by atoms with E-state index in [0.29, 0.717) is 0 Å². The molecule has 14 heavy (non-hydrogen) atoms. The van der Waals surface area contributed by atoms with Crippen molar-refractivity contribution >= 4 is 33.1 Å². The second-order valence-electron chi connectivity index (χ2n) is 3.09. The molecule has 0 unspecified atom stereocenters. The molecule has 0 saturated carbocycles. The van der Waals surface area contributed by atoms with Crippen molar-refractivity contribution in [2.45, 2.75) is 6.42 Å². The first kappa shape index (κ1) is 9.27. The van der Waals surface area contributed by atoms with E-state index in [4.69, 9.17) is 5.73 Å². The Morgan fingerprint density at radius 3 is 3.00 bits per heavy atom. The van der Waals surface area contributed by atoms with Gasteiger partial charge in [0.25, 0.3) is 0 Å². The summed E-state index contributed by atoms with van der Waals surface area (Å²) in [6.07, 6.45) is 1.94. The fourth-order valence-electron chi connectivity index (χ4n) is 1.42. The summed E-state index contributed by atoms with van der Waals surface area (Å²) in [5.74, 6) is -0.334. The molecule has 1 radical (unpaired) electrons. The number of amides is 1. The van der Waals surface area contributed by atoms with Gasteiger partial charge in [0.05, 0.1) is 12.1 Å². The Morgan fingerprint density at radius 1 is 1.50 bits per heavy atom. The number of hydrogen-bond acceptors (Lipinski definition) is 1. The molecule has 1 heterocycles. The highest BCUT2D eigenvalue weighted by atomic mass is 79.9. The minimum absolute atomic E-state index is 0.243. The van der Waals surface area contributed by atoms with E-state index >= 15 is 0 Å². The van der Waals surface area contributed by atoms with Gasteiger partial charge in [-0.05, 0) is 23.8 Å². The fourth-order valence-corrected chi connectivity index (χ4v) is 1.78. The standard InChI is InChI=1S/C10H8BrN2O/c11-7-1-2-9-8(4-7)6(5-13-9)3-10(12)14/h1-2,4-5H,3H2,(H2,12,14). The summed E-state index contributed by atoms with van der Waals surface area (Å²) in [6, 6.07) is 5.77. The first-order chi connectivity index (χ1) is 6.66. The molecule has 2 rings (SSSR count). The van der Waals surface area contributed by atoms with E-state index in [-0.39, 0.29) is 12.3 Å². The van der Waals surface area contributed by atoms with Gasteiger partial charge in [0, 0.05) is 16.2 Å². The van der Waals surface area contributed by atoms with Crippen LogP contribution >= 0.6 is 15.9 Å². The molecule has 0 saturated heterocycles. The molecule has 1 aliphatic heterocycles. The summed E-state index contributed by atoms with van der Waals surface area (Å²) in [7, 11) is 0. The van der Waals surface area contributed by atoms with E-state index < -0.39 is 0 Å². The summed E-state index contributed by atoms with van der Waals surface area (Å²) in [4.78, 5) is 10.8. The summed E-state index contributed by atoms with van der Waals surface area (Å²) in [5, 5.41) is 4.18. The zero-order valence-corrected chi connectivity index (χ0v) is 8.91. The van der Waals surface area contributed by atoms with Crippen molar-refractivity contribution in [2.75, 3.05) is 0 Å². The van der Waals surface area contributed by atoms with Crippen molar-refractivity contribution in [3.8, 4) is 0 Å². The van der Waals surface area contributed by atoms with Gasteiger partial charge in [-0.1, -0.05) is 15.9 Å².